The van der Waals surface area contributed by atoms with E-state index in [1.165, 1.54) is 5.56 Å². The molecular weight excluding hydrogens is 226 g/mol. The highest BCUT2D eigenvalue weighted by atomic mass is 16.4. The monoisotopic (exact) mass is 245 g/mol. The van der Waals surface area contributed by atoms with Crippen molar-refractivity contribution in [3.63, 3.8) is 0 Å². The lowest BCUT2D eigenvalue weighted by Gasteiger charge is -2.22. The highest BCUT2D eigenvalue weighted by Crippen LogP contribution is 2.32. The van der Waals surface area contributed by atoms with Crippen LogP contribution in [0.4, 0.5) is 0 Å². The zero-order valence-corrected chi connectivity index (χ0v) is 10.5. The molecule has 0 bridgehead atoms. The summed E-state index contributed by atoms with van der Waals surface area (Å²) < 4.78 is 0. The van der Waals surface area contributed by atoms with Crippen molar-refractivity contribution in [1.29, 1.82) is 0 Å². The number of carbonyl (C=O) groups is 1. The highest BCUT2D eigenvalue weighted by Gasteiger charge is 2.24. The van der Waals surface area contributed by atoms with Gasteiger partial charge in [0.2, 0.25) is 0 Å². The Kier molecular flexibility index (Phi) is 3.82. The summed E-state index contributed by atoms with van der Waals surface area (Å²) in [6.45, 7) is 1.95. The molecule has 1 aromatic rings. The molecule has 1 unspecified atom stereocenters. The summed E-state index contributed by atoms with van der Waals surface area (Å²) in [6, 6.07) is 8.19. The maximum absolute atomic E-state index is 11.0. The number of rotatable bonds is 3. The van der Waals surface area contributed by atoms with E-state index in [1.807, 2.05) is 25.1 Å². The van der Waals surface area contributed by atoms with E-state index < -0.39 is 5.97 Å². The molecule has 0 saturated heterocycles. The van der Waals surface area contributed by atoms with Gasteiger partial charge in [0.25, 0.3) is 0 Å². The molecule has 3 heteroatoms. The maximum Gasteiger partial charge on any atom is 0.306 e. The Morgan fingerprint density at radius 1 is 1.39 bits per heavy atom. The van der Waals surface area contributed by atoms with Gasteiger partial charge >= 0.3 is 5.97 Å². The van der Waals surface area contributed by atoms with Gasteiger partial charge in [-0.1, -0.05) is 36.4 Å². The number of aliphatic carboxylic acids is 1. The largest absolute Gasteiger partial charge is 0.481 e. The molecule has 0 radical (unpaired) electrons. The highest BCUT2D eigenvalue weighted by molar-refractivity contribution is 5.70. The third kappa shape index (κ3) is 2.79. The molecule has 0 fully saturated rings. The van der Waals surface area contributed by atoms with Crippen molar-refractivity contribution in [2.24, 2.45) is 11.7 Å². The summed E-state index contributed by atoms with van der Waals surface area (Å²) in [5.41, 5.74) is 8.09. The van der Waals surface area contributed by atoms with Crippen LogP contribution in [0.25, 0.3) is 0 Å². The van der Waals surface area contributed by atoms with E-state index in [-0.39, 0.29) is 17.9 Å². The van der Waals surface area contributed by atoms with Crippen molar-refractivity contribution in [1.82, 2.24) is 0 Å². The molecule has 18 heavy (non-hydrogen) atoms. The van der Waals surface area contributed by atoms with Gasteiger partial charge in [0.1, 0.15) is 0 Å². The summed E-state index contributed by atoms with van der Waals surface area (Å²) in [7, 11) is 0. The van der Waals surface area contributed by atoms with E-state index in [1.54, 1.807) is 0 Å². The number of carboxylic acid groups (broad SMARTS) is 1. The van der Waals surface area contributed by atoms with Crippen molar-refractivity contribution in [3.05, 3.63) is 47.5 Å². The Bertz CT molecular complexity index is 448. The van der Waals surface area contributed by atoms with Crippen LogP contribution in [0, 0.1) is 5.92 Å². The zero-order valence-electron chi connectivity index (χ0n) is 10.5. The smallest absolute Gasteiger partial charge is 0.306 e. The van der Waals surface area contributed by atoms with Crippen LogP contribution in [-0.2, 0) is 4.79 Å². The van der Waals surface area contributed by atoms with Crippen molar-refractivity contribution >= 4 is 5.97 Å². The number of benzene rings is 1. The van der Waals surface area contributed by atoms with Crippen LogP contribution < -0.4 is 5.73 Å². The predicted octanol–water partition coefficient (Wildman–Crippen LogP) is 2.84. The van der Waals surface area contributed by atoms with E-state index in [2.05, 4.69) is 18.2 Å². The van der Waals surface area contributed by atoms with Crippen molar-refractivity contribution < 1.29 is 9.90 Å². The number of allylic oxidation sites excluding steroid dienone is 2. The topological polar surface area (TPSA) is 63.3 Å². The van der Waals surface area contributed by atoms with Crippen LogP contribution in [0.1, 0.15) is 42.9 Å². The molecular formula is C15H19NO2. The minimum atomic E-state index is -0.698. The summed E-state index contributed by atoms with van der Waals surface area (Å²) >= 11 is 0. The third-order valence-electron chi connectivity index (χ3n) is 3.57. The quantitative estimate of drug-likeness (QED) is 0.805. The fraction of sp³-hybridized carbons (Fsp3) is 0.400. The van der Waals surface area contributed by atoms with Crippen LogP contribution in [0.5, 0.6) is 0 Å². The first-order valence-corrected chi connectivity index (χ1v) is 6.33. The summed E-state index contributed by atoms with van der Waals surface area (Å²) in [6.07, 6.45) is 5.42. The normalized spacial score (nSPS) is 24.8. The lowest BCUT2D eigenvalue weighted by atomic mass is 9.82. The Morgan fingerprint density at radius 2 is 2.06 bits per heavy atom. The SMILES string of the molecule is C[C@@H](N)c1ccc(C2C=CC[C@@H](C(=O)O)C2)cc1. The molecule has 3 N–H and O–H groups in total. The van der Waals surface area contributed by atoms with Crippen molar-refractivity contribution in [3.8, 4) is 0 Å². The Morgan fingerprint density at radius 3 is 2.61 bits per heavy atom. The molecule has 1 aromatic carbocycles. The van der Waals surface area contributed by atoms with Gasteiger partial charge in [-0.2, -0.15) is 0 Å². The van der Waals surface area contributed by atoms with Gasteiger partial charge in [-0.25, -0.2) is 0 Å². The molecule has 0 aromatic heterocycles. The second kappa shape index (κ2) is 5.36. The molecule has 0 amide bonds. The Hall–Kier alpha value is -1.61. The molecule has 0 saturated carbocycles. The first kappa shape index (κ1) is 12.8. The van der Waals surface area contributed by atoms with Gasteiger partial charge < -0.3 is 10.8 Å². The van der Waals surface area contributed by atoms with Gasteiger partial charge in [-0.3, -0.25) is 4.79 Å². The number of hydrogen-bond donors (Lipinski definition) is 2. The molecule has 1 aliphatic carbocycles. The van der Waals surface area contributed by atoms with E-state index in [9.17, 15) is 4.79 Å². The fourth-order valence-electron chi connectivity index (χ4n) is 2.38. The molecule has 0 aliphatic heterocycles. The Balaban J connectivity index is 2.14. The molecule has 3 atom stereocenters. The molecule has 3 nitrogen and oxygen atoms in total. The third-order valence-corrected chi connectivity index (χ3v) is 3.57. The number of nitrogens with two attached hydrogens (primary N) is 1. The second-order valence-corrected chi connectivity index (χ2v) is 5.00. The minimum Gasteiger partial charge on any atom is -0.481 e. The minimum absolute atomic E-state index is 0.0349. The van der Waals surface area contributed by atoms with E-state index in [0.717, 1.165) is 5.56 Å². The van der Waals surface area contributed by atoms with Crippen LogP contribution in [0.15, 0.2) is 36.4 Å². The number of hydrogen-bond acceptors (Lipinski definition) is 2. The molecule has 0 heterocycles. The fourth-order valence-corrected chi connectivity index (χ4v) is 2.38. The lowest BCUT2D eigenvalue weighted by molar-refractivity contribution is -0.142. The van der Waals surface area contributed by atoms with Crippen LogP contribution in [-0.4, -0.2) is 11.1 Å². The van der Waals surface area contributed by atoms with Gasteiger partial charge in [0.05, 0.1) is 5.92 Å². The summed E-state index contributed by atoms with van der Waals surface area (Å²) in [4.78, 5) is 11.0. The van der Waals surface area contributed by atoms with Crippen molar-refractivity contribution in [2.75, 3.05) is 0 Å². The van der Waals surface area contributed by atoms with Gasteiger partial charge in [0.15, 0.2) is 0 Å². The standard InChI is InChI=1S/C15H19NO2/c1-10(16)11-5-7-12(8-6-11)13-3-2-4-14(9-13)15(17)18/h2-3,5-8,10,13-14H,4,9,16H2,1H3,(H,17,18)/t10-,13?,14-/m1/s1. The summed E-state index contributed by atoms with van der Waals surface area (Å²) in [5, 5.41) is 9.07. The van der Waals surface area contributed by atoms with E-state index in [0.29, 0.717) is 12.8 Å². The molecule has 0 spiro atoms. The first-order valence-electron chi connectivity index (χ1n) is 6.33. The molecule has 1 aliphatic rings. The van der Waals surface area contributed by atoms with Crippen molar-refractivity contribution in [2.45, 2.75) is 31.7 Å². The number of carboxylic acids is 1. The molecule has 2 rings (SSSR count). The van der Waals surface area contributed by atoms with Gasteiger partial charge in [-0.15, -0.1) is 0 Å². The average molecular weight is 245 g/mol. The van der Waals surface area contributed by atoms with Crippen LogP contribution >= 0.6 is 0 Å². The van der Waals surface area contributed by atoms with Gasteiger partial charge in [-0.05, 0) is 30.9 Å². The summed E-state index contributed by atoms with van der Waals surface area (Å²) in [5.74, 6) is -0.744. The van der Waals surface area contributed by atoms with E-state index in [4.69, 9.17) is 10.8 Å². The van der Waals surface area contributed by atoms with E-state index >= 15 is 0 Å². The molecule has 96 valence electrons. The van der Waals surface area contributed by atoms with Gasteiger partial charge in [0, 0.05) is 12.0 Å². The lowest BCUT2D eigenvalue weighted by Crippen LogP contribution is -2.18. The first-order chi connectivity index (χ1) is 8.58. The Labute approximate surface area is 107 Å². The second-order valence-electron chi connectivity index (χ2n) is 5.00. The van der Waals surface area contributed by atoms with Crippen LogP contribution in [0.3, 0.4) is 0 Å². The average Bonchev–Trinajstić information content (AvgIpc) is 2.39. The maximum atomic E-state index is 11.0. The predicted molar refractivity (Wildman–Crippen MR) is 71.3 cm³/mol. The zero-order chi connectivity index (χ0) is 13.1. The van der Waals surface area contributed by atoms with Crippen LogP contribution in [0.2, 0.25) is 0 Å².